The van der Waals surface area contributed by atoms with Crippen molar-refractivity contribution in [3.63, 3.8) is 0 Å². The van der Waals surface area contributed by atoms with E-state index in [4.69, 9.17) is 0 Å². The minimum atomic E-state index is 0.740. The van der Waals surface area contributed by atoms with Crippen LogP contribution >= 0.6 is 0 Å². The van der Waals surface area contributed by atoms with Gasteiger partial charge < -0.3 is 10.2 Å². The highest BCUT2D eigenvalue weighted by Gasteiger charge is 2.16. The molecule has 94 valence electrons. The summed E-state index contributed by atoms with van der Waals surface area (Å²) in [4.78, 5) is 11.1. The standard InChI is InChI=1S/C13H22N4/c1-10-7-13(16-11(2)15-10)17(3)9-12-5-4-6-14-8-12/h7,12,14H,4-6,8-9H2,1-3H3. The number of nitrogens with one attached hydrogen (secondary N) is 1. The predicted molar refractivity (Wildman–Crippen MR) is 70.4 cm³/mol. The Kier molecular flexibility index (Phi) is 3.94. The number of aryl methyl sites for hydroxylation is 2. The molecule has 1 aromatic rings. The second kappa shape index (κ2) is 5.45. The lowest BCUT2D eigenvalue weighted by Crippen LogP contribution is -2.37. The van der Waals surface area contributed by atoms with E-state index in [0.29, 0.717) is 0 Å². The summed E-state index contributed by atoms with van der Waals surface area (Å²) in [5.74, 6) is 2.64. The van der Waals surface area contributed by atoms with Gasteiger partial charge in [-0.3, -0.25) is 0 Å². The molecule has 4 heteroatoms. The molecular weight excluding hydrogens is 212 g/mol. The third-order valence-electron chi connectivity index (χ3n) is 3.27. The van der Waals surface area contributed by atoms with Crippen LogP contribution in [0.15, 0.2) is 6.07 Å². The molecule has 1 aliphatic rings. The van der Waals surface area contributed by atoms with Gasteiger partial charge in [0.2, 0.25) is 0 Å². The van der Waals surface area contributed by atoms with Crippen molar-refractivity contribution >= 4 is 5.82 Å². The Bertz CT molecular complexity index is 351. The van der Waals surface area contributed by atoms with Crippen LogP contribution in [0.25, 0.3) is 0 Å². The zero-order valence-electron chi connectivity index (χ0n) is 11.0. The van der Waals surface area contributed by atoms with Crippen molar-refractivity contribution in [1.82, 2.24) is 15.3 Å². The van der Waals surface area contributed by atoms with Crippen molar-refractivity contribution < 1.29 is 0 Å². The maximum Gasteiger partial charge on any atom is 0.132 e. The Morgan fingerprint density at radius 3 is 2.88 bits per heavy atom. The molecule has 0 bridgehead atoms. The molecule has 1 aliphatic heterocycles. The lowest BCUT2D eigenvalue weighted by Gasteiger charge is -2.28. The number of rotatable bonds is 3. The second-order valence-corrected chi connectivity index (χ2v) is 5.01. The average molecular weight is 234 g/mol. The maximum absolute atomic E-state index is 4.49. The smallest absolute Gasteiger partial charge is 0.132 e. The van der Waals surface area contributed by atoms with E-state index in [-0.39, 0.29) is 0 Å². The summed E-state index contributed by atoms with van der Waals surface area (Å²) in [6.45, 7) is 7.35. The quantitative estimate of drug-likeness (QED) is 0.861. The Labute approximate surface area is 103 Å². The minimum Gasteiger partial charge on any atom is -0.359 e. The summed E-state index contributed by atoms with van der Waals surface area (Å²) in [5, 5.41) is 3.45. The molecule has 1 atom stereocenters. The Morgan fingerprint density at radius 1 is 1.41 bits per heavy atom. The molecule has 0 aliphatic carbocycles. The number of hydrogen-bond acceptors (Lipinski definition) is 4. The first kappa shape index (κ1) is 12.3. The molecule has 0 aromatic carbocycles. The fraction of sp³-hybridized carbons (Fsp3) is 0.692. The van der Waals surface area contributed by atoms with Crippen molar-refractivity contribution in [2.75, 3.05) is 31.6 Å². The van der Waals surface area contributed by atoms with Crippen LogP contribution in [0.2, 0.25) is 0 Å². The molecule has 0 radical (unpaired) electrons. The van der Waals surface area contributed by atoms with E-state index in [1.807, 2.05) is 13.8 Å². The van der Waals surface area contributed by atoms with Gasteiger partial charge in [-0.15, -0.1) is 0 Å². The molecule has 1 fully saturated rings. The number of aromatic nitrogens is 2. The van der Waals surface area contributed by atoms with Crippen LogP contribution < -0.4 is 10.2 Å². The summed E-state index contributed by atoms with van der Waals surface area (Å²) in [7, 11) is 2.12. The molecule has 17 heavy (non-hydrogen) atoms. The average Bonchev–Trinajstić information content (AvgIpc) is 2.29. The van der Waals surface area contributed by atoms with Crippen LogP contribution in [0.4, 0.5) is 5.82 Å². The number of piperidine rings is 1. The van der Waals surface area contributed by atoms with Crippen molar-refractivity contribution in [1.29, 1.82) is 0 Å². The Hall–Kier alpha value is -1.16. The summed E-state index contributed by atoms with van der Waals surface area (Å²) in [5.41, 5.74) is 1.04. The Morgan fingerprint density at radius 2 is 2.24 bits per heavy atom. The van der Waals surface area contributed by atoms with Gasteiger partial charge >= 0.3 is 0 Å². The normalized spacial score (nSPS) is 20.3. The molecule has 0 spiro atoms. The van der Waals surface area contributed by atoms with Crippen LogP contribution in [0.5, 0.6) is 0 Å². The predicted octanol–water partition coefficient (Wildman–Crippen LogP) is 1.53. The van der Waals surface area contributed by atoms with Crippen LogP contribution in [-0.4, -0.2) is 36.6 Å². The molecule has 1 unspecified atom stereocenters. The molecule has 2 heterocycles. The van der Waals surface area contributed by atoms with E-state index < -0.39 is 0 Å². The molecular formula is C13H22N4. The van der Waals surface area contributed by atoms with Gasteiger partial charge in [0.25, 0.3) is 0 Å². The van der Waals surface area contributed by atoms with Gasteiger partial charge in [0.05, 0.1) is 0 Å². The molecule has 0 amide bonds. The highest BCUT2D eigenvalue weighted by molar-refractivity contribution is 5.38. The van der Waals surface area contributed by atoms with Crippen molar-refractivity contribution in [2.45, 2.75) is 26.7 Å². The summed E-state index contributed by atoms with van der Waals surface area (Å²) in [6, 6.07) is 2.06. The zero-order valence-corrected chi connectivity index (χ0v) is 11.0. The Balaban J connectivity index is 2.00. The van der Waals surface area contributed by atoms with Crippen LogP contribution in [0.1, 0.15) is 24.4 Å². The SMILES string of the molecule is Cc1cc(N(C)CC2CCCNC2)nc(C)n1. The number of anilines is 1. The summed E-state index contributed by atoms with van der Waals surface area (Å²) >= 11 is 0. The van der Waals surface area contributed by atoms with Crippen molar-refractivity contribution in [3.05, 3.63) is 17.6 Å². The molecule has 2 rings (SSSR count). The van der Waals surface area contributed by atoms with E-state index in [2.05, 4.69) is 33.3 Å². The van der Waals surface area contributed by atoms with E-state index in [1.54, 1.807) is 0 Å². The second-order valence-electron chi connectivity index (χ2n) is 5.01. The first-order chi connectivity index (χ1) is 8.15. The number of hydrogen-bond donors (Lipinski definition) is 1. The third-order valence-corrected chi connectivity index (χ3v) is 3.27. The van der Waals surface area contributed by atoms with Crippen LogP contribution in [-0.2, 0) is 0 Å². The summed E-state index contributed by atoms with van der Waals surface area (Å²) in [6.07, 6.45) is 2.61. The molecule has 1 N–H and O–H groups in total. The lowest BCUT2D eigenvalue weighted by molar-refractivity contribution is 0.380. The maximum atomic E-state index is 4.49. The van der Waals surface area contributed by atoms with Crippen LogP contribution in [0, 0.1) is 19.8 Å². The van der Waals surface area contributed by atoms with Crippen molar-refractivity contribution in [2.24, 2.45) is 5.92 Å². The topological polar surface area (TPSA) is 41.0 Å². The number of nitrogens with zero attached hydrogens (tertiary/aromatic N) is 3. The monoisotopic (exact) mass is 234 g/mol. The van der Waals surface area contributed by atoms with Gasteiger partial charge in [0.1, 0.15) is 11.6 Å². The van der Waals surface area contributed by atoms with Gasteiger partial charge in [-0.05, 0) is 45.7 Å². The largest absolute Gasteiger partial charge is 0.359 e. The fourth-order valence-corrected chi connectivity index (χ4v) is 2.45. The van der Waals surface area contributed by atoms with Crippen LogP contribution in [0.3, 0.4) is 0 Å². The van der Waals surface area contributed by atoms with Gasteiger partial charge in [0.15, 0.2) is 0 Å². The van der Waals surface area contributed by atoms with E-state index in [0.717, 1.165) is 36.3 Å². The first-order valence-corrected chi connectivity index (χ1v) is 6.39. The molecule has 4 nitrogen and oxygen atoms in total. The molecule has 0 saturated carbocycles. The fourth-order valence-electron chi connectivity index (χ4n) is 2.45. The first-order valence-electron chi connectivity index (χ1n) is 6.39. The van der Waals surface area contributed by atoms with Gasteiger partial charge in [-0.1, -0.05) is 0 Å². The summed E-state index contributed by atoms with van der Waals surface area (Å²) < 4.78 is 0. The molecule has 1 aromatic heterocycles. The van der Waals surface area contributed by atoms with Gasteiger partial charge in [0, 0.05) is 25.4 Å². The highest BCUT2D eigenvalue weighted by atomic mass is 15.2. The lowest BCUT2D eigenvalue weighted by atomic mass is 9.99. The van der Waals surface area contributed by atoms with E-state index in [9.17, 15) is 0 Å². The van der Waals surface area contributed by atoms with Crippen molar-refractivity contribution in [3.8, 4) is 0 Å². The minimum absolute atomic E-state index is 0.740. The van der Waals surface area contributed by atoms with E-state index >= 15 is 0 Å². The van der Waals surface area contributed by atoms with Gasteiger partial charge in [-0.2, -0.15) is 0 Å². The third kappa shape index (κ3) is 3.40. The highest BCUT2D eigenvalue weighted by Crippen LogP contribution is 2.16. The molecule has 1 saturated heterocycles. The van der Waals surface area contributed by atoms with E-state index in [1.165, 1.54) is 19.4 Å². The zero-order chi connectivity index (χ0) is 12.3. The van der Waals surface area contributed by atoms with Gasteiger partial charge in [-0.25, -0.2) is 9.97 Å².